The minimum absolute atomic E-state index is 0.112. The molecule has 0 fully saturated rings. The molecule has 0 N–H and O–H groups in total. The predicted molar refractivity (Wildman–Crippen MR) is 216 cm³/mol. The fourth-order valence-electron chi connectivity index (χ4n) is 6.83. The molecule has 0 saturated carbocycles. The van der Waals surface area contributed by atoms with E-state index in [1.165, 1.54) is 147 Å². The number of rotatable bonds is 33. The van der Waals surface area contributed by atoms with Crippen LogP contribution in [0.3, 0.4) is 0 Å². The van der Waals surface area contributed by atoms with Crippen molar-refractivity contribution < 1.29 is 48.8 Å². The molecule has 12 heteroatoms. The first-order chi connectivity index (χ1) is 25.8. The van der Waals surface area contributed by atoms with Crippen molar-refractivity contribution in [1.82, 2.24) is 0 Å². The van der Waals surface area contributed by atoms with E-state index >= 15 is 0 Å². The summed E-state index contributed by atoms with van der Waals surface area (Å²) in [6.45, 7) is 11.4. The van der Waals surface area contributed by atoms with Crippen molar-refractivity contribution >= 4 is 19.7 Å². The number of aromatic nitrogens is 1. The predicted octanol–water partition coefficient (Wildman–Crippen LogP) is 15.7. The summed E-state index contributed by atoms with van der Waals surface area (Å²) in [4.78, 5) is 25.5. The Hall–Kier alpha value is -1.90. The summed E-state index contributed by atoms with van der Waals surface area (Å²) in [6, 6.07) is 4.28. The summed E-state index contributed by atoms with van der Waals surface area (Å²) in [6.07, 6.45) is 33.7. The van der Waals surface area contributed by atoms with Crippen LogP contribution in [-0.4, -0.2) is 24.6 Å². The Labute approximate surface area is 330 Å². The van der Waals surface area contributed by atoms with E-state index in [9.17, 15) is 34.8 Å². The standard InChI is InChI=1S/C43H78NO4.F6P/c1-6-8-10-12-14-16-18-20-22-24-26-28-30-32-42(45)47-37-41(36-44-39(4)34-38(3)35-40(44)5)48-43(46)33-31-29-27-25-23-21-19-17-15-13-11-9-7-2;1-7(2,3,4,5)6/h34-35,41H,6-33,36-37H2,1-5H3;/q+1;-1. The van der Waals surface area contributed by atoms with Gasteiger partial charge >= 0.3 is 44.9 Å². The minimum atomic E-state index is -10.7. The molecule has 55 heavy (non-hydrogen) atoms. The molecule has 0 spiro atoms. The van der Waals surface area contributed by atoms with Crippen LogP contribution < -0.4 is 4.57 Å². The first kappa shape index (κ1) is 53.1. The molecule has 1 rings (SSSR count). The number of carbonyl (C=O) groups excluding carboxylic acids is 2. The van der Waals surface area contributed by atoms with Gasteiger partial charge in [-0.3, -0.25) is 9.59 Å². The number of nitrogens with zero attached hydrogens (tertiary/aromatic N) is 1. The van der Waals surface area contributed by atoms with Gasteiger partial charge in [0.1, 0.15) is 6.61 Å². The van der Waals surface area contributed by atoms with Crippen molar-refractivity contribution in [3.05, 3.63) is 29.1 Å². The molecule has 1 atom stereocenters. The van der Waals surface area contributed by atoms with E-state index in [0.29, 0.717) is 19.4 Å². The second-order valence-electron chi connectivity index (χ2n) is 15.7. The van der Waals surface area contributed by atoms with E-state index in [-0.39, 0.29) is 18.5 Å². The van der Waals surface area contributed by atoms with E-state index in [0.717, 1.165) is 37.1 Å². The second kappa shape index (κ2) is 29.3. The molecule has 0 amide bonds. The molecule has 0 bridgehead atoms. The van der Waals surface area contributed by atoms with Crippen LogP contribution in [0.5, 0.6) is 0 Å². The summed E-state index contributed by atoms with van der Waals surface area (Å²) in [5.74, 6) is -0.364. The van der Waals surface area contributed by atoms with Gasteiger partial charge in [0.15, 0.2) is 24.0 Å². The fourth-order valence-corrected chi connectivity index (χ4v) is 6.83. The van der Waals surface area contributed by atoms with Crippen LogP contribution in [0, 0.1) is 20.8 Å². The number of ether oxygens (including phenoxy) is 2. The second-order valence-corrected chi connectivity index (χ2v) is 17.6. The van der Waals surface area contributed by atoms with Crippen LogP contribution in [0.2, 0.25) is 0 Å². The number of unbranched alkanes of at least 4 members (excludes halogenated alkanes) is 24. The summed E-state index contributed by atoms with van der Waals surface area (Å²) in [5.41, 5.74) is 3.44. The third kappa shape index (κ3) is 40.1. The number of carbonyl (C=O) groups is 2. The molecule has 1 unspecified atom stereocenters. The van der Waals surface area contributed by atoms with Crippen molar-refractivity contribution in [2.24, 2.45) is 0 Å². The maximum atomic E-state index is 12.9. The molecule has 0 saturated heterocycles. The number of hydrogen-bond acceptors (Lipinski definition) is 4. The summed E-state index contributed by atoms with van der Waals surface area (Å²) in [5, 5.41) is 0. The molecule has 1 aromatic rings. The molecule has 0 aliphatic rings. The maximum absolute atomic E-state index is 12.9. The van der Waals surface area contributed by atoms with Gasteiger partial charge in [0.2, 0.25) is 0 Å². The van der Waals surface area contributed by atoms with Crippen molar-refractivity contribution in [3.63, 3.8) is 0 Å². The first-order valence-electron chi connectivity index (χ1n) is 21.7. The Morgan fingerprint density at radius 3 is 1.15 bits per heavy atom. The zero-order valence-electron chi connectivity index (χ0n) is 35.2. The van der Waals surface area contributed by atoms with Gasteiger partial charge in [-0.1, -0.05) is 168 Å². The van der Waals surface area contributed by atoms with Gasteiger partial charge in [0.05, 0.1) is 0 Å². The molecular weight excluding hydrogens is 739 g/mol. The molecule has 5 nitrogen and oxygen atoms in total. The Morgan fingerprint density at radius 2 is 0.818 bits per heavy atom. The average Bonchev–Trinajstić information content (AvgIpc) is 3.07. The normalized spacial score (nSPS) is 13.4. The zero-order valence-corrected chi connectivity index (χ0v) is 36.1. The van der Waals surface area contributed by atoms with Gasteiger partial charge in [-0.2, -0.15) is 4.57 Å². The van der Waals surface area contributed by atoms with Gasteiger partial charge in [-0.05, 0) is 25.3 Å². The van der Waals surface area contributed by atoms with E-state index in [1.54, 1.807) is 0 Å². The average molecular weight is 818 g/mol. The Kier molecular flexibility index (Phi) is 28.3. The SMILES string of the molecule is CCCCCCCCCCCCCCCC(=O)OCC(C[n+]1c(C)cc(C)cc1C)OC(=O)CCCCCCCCCCCCCCC.F[P-](F)(F)(F)(F)F. The number of pyridine rings is 1. The van der Waals surface area contributed by atoms with Crippen LogP contribution in [0.25, 0.3) is 0 Å². The van der Waals surface area contributed by atoms with Crippen molar-refractivity contribution in [1.29, 1.82) is 0 Å². The molecule has 326 valence electrons. The Balaban J connectivity index is 0.00000377. The monoisotopic (exact) mass is 818 g/mol. The van der Waals surface area contributed by atoms with Crippen LogP contribution in [-0.2, 0) is 25.6 Å². The molecule has 0 aromatic carbocycles. The van der Waals surface area contributed by atoms with Crippen LogP contribution >= 0.6 is 7.81 Å². The van der Waals surface area contributed by atoms with Gasteiger partial charge < -0.3 is 9.47 Å². The Bertz CT molecular complexity index is 1120. The van der Waals surface area contributed by atoms with Gasteiger partial charge in [0.25, 0.3) is 0 Å². The van der Waals surface area contributed by atoms with Gasteiger partial charge in [-0.25, -0.2) is 0 Å². The third-order valence-electron chi connectivity index (χ3n) is 9.81. The van der Waals surface area contributed by atoms with E-state index in [4.69, 9.17) is 9.47 Å². The van der Waals surface area contributed by atoms with Gasteiger partial charge in [0, 0.05) is 38.8 Å². The molecule has 1 aromatic heterocycles. The molecule has 0 radical (unpaired) electrons. The van der Waals surface area contributed by atoms with E-state index in [2.05, 4.69) is 51.3 Å². The number of halogens is 6. The summed E-state index contributed by atoms with van der Waals surface area (Å²) in [7, 11) is -10.7. The Morgan fingerprint density at radius 1 is 0.527 bits per heavy atom. The van der Waals surface area contributed by atoms with Crippen molar-refractivity contribution in [2.45, 2.75) is 227 Å². The van der Waals surface area contributed by atoms with E-state index in [1.807, 2.05) is 0 Å². The molecular formula is C43H78F6NO4P. The summed E-state index contributed by atoms with van der Waals surface area (Å²) < 4.78 is 73.0. The number of esters is 2. The number of hydrogen-bond donors (Lipinski definition) is 0. The molecule has 0 aliphatic heterocycles. The zero-order chi connectivity index (χ0) is 41.5. The first-order valence-corrected chi connectivity index (χ1v) is 23.7. The third-order valence-corrected chi connectivity index (χ3v) is 9.81. The van der Waals surface area contributed by atoms with Gasteiger partial charge in [-0.15, -0.1) is 0 Å². The topological polar surface area (TPSA) is 56.5 Å². The number of aryl methyl sites for hydroxylation is 3. The van der Waals surface area contributed by atoms with Crippen LogP contribution in [0.1, 0.15) is 211 Å². The molecule has 1 heterocycles. The summed E-state index contributed by atoms with van der Waals surface area (Å²) >= 11 is 0. The molecule has 0 aliphatic carbocycles. The van der Waals surface area contributed by atoms with E-state index < -0.39 is 13.9 Å². The van der Waals surface area contributed by atoms with Crippen LogP contribution in [0.15, 0.2) is 12.1 Å². The van der Waals surface area contributed by atoms with Crippen LogP contribution in [0.4, 0.5) is 25.2 Å². The fraction of sp³-hybridized carbons (Fsp3) is 0.837. The quantitative estimate of drug-likeness (QED) is 0.0233. The van der Waals surface area contributed by atoms with Crippen molar-refractivity contribution in [3.8, 4) is 0 Å². The van der Waals surface area contributed by atoms with Crippen molar-refractivity contribution in [2.75, 3.05) is 6.61 Å².